The summed E-state index contributed by atoms with van der Waals surface area (Å²) in [7, 11) is 0. The van der Waals surface area contributed by atoms with Crippen LogP contribution in [0.4, 0.5) is 5.69 Å². The lowest BCUT2D eigenvalue weighted by Crippen LogP contribution is -2.11. The van der Waals surface area contributed by atoms with Gasteiger partial charge in [0.1, 0.15) is 5.69 Å². The molecule has 128 valence electrons. The first-order valence-electron chi connectivity index (χ1n) is 7.67. The minimum atomic E-state index is -0.234. The molecule has 0 aliphatic carbocycles. The molecule has 0 saturated carbocycles. The third-order valence-corrected chi connectivity index (χ3v) is 4.47. The van der Waals surface area contributed by atoms with Gasteiger partial charge in [0, 0.05) is 27.2 Å². The van der Waals surface area contributed by atoms with Crippen molar-refractivity contribution in [3.63, 3.8) is 0 Å². The number of thiazole rings is 1. The lowest BCUT2D eigenvalue weighted by molar-refractivity contribution is 0.102. The van der Waals surface area contributed by atoms with Gasteiger partial charge in [-0.05, 0) is 36.4 Å². The van der Waals surface area contributed by atoms with Crippen molar-refractivity contribution < 1.29 is 4.79 Å². The number of nitrogens with one attached hydrogen (secondary N) is 2. The van der Waals surface area contributed by atoms with Crippen LogP contribution in [0, 0.1) is 0 Å². The van der Waals surface area contributed by atoms with E-state index in [4.69, 9.17) is 11.6 Å². The predicted octanol–water partition coefficient (Wildman–Crippen LogP) is 4.50. The molecule has 2 aromatic heterocycles. The highest BCUT2D eigenvalue weighted by Gasteiger charge is 2.10. The molecule has 0 atom stereocenters. The molecule has 0 spiro atoms. The summed E-state index contributed by atoms with van der Waals surface area (Å²) in [6.07, 6.45) is 0. The topological polar surface area (TPSA) is 83.6 Å². The molecule has 4 rings (SSSR count). The highest BCUT2D eigenvalue weighted by molar-refractivity contribution is 7.07. The lowest BCUT2D eigenvalue weighted by atomic mass is 10.2. The highest BCUT2D eigenvalue weighted by Crippen LogP contribution is 2.23. The molecule has 4 aromatic rings. The molecule has 0 aliphatic heterocycles. The Morgan fingerprint density at radius 3 is 2.69 bits per heavy atom. The Kier molecular flexibility index (Phi) is 4.47. The molecule has 2 aromatic carbocycles. The maximum Gasteiger partial charge on any atom is 0.275 e. The van der Waals surface area contributed by atoms with Crippen LogP contribution in [0.25, 0.3) is 22.8 Å². The quantitative estimate of drug-likeness (QED) is 0.545. The predicted molar refractivity (Wildman–Crippen MR) is 102 cm³/mol. The maximum atomic E-state index is 12.0. The highest BCUT2D eigenvalue weighted by atomic mass is 35.5. The fourth-order valence-electron chi connectivity index (χ4n) is 2.38. The molecule has 0 fully saturated rings. The minimum absolute atomic E-state index is 0.234. The number of carbonyl (C=O) groups excluding carboxylic acids is 1. The first-order chi connectivity index (χ1) is 12.7. The number of anilines is 1. The number of hydrogen-bond donors (Lipinski definition) is 2. The Balaban J connectivity index is 1.51. The summed E-state index contributed by atoms with van der Waals surface area (Å²) in [4.78, 5) is 20.5. The molecule has 0 saturated heterocycles. The van der Waals surface area contributed by atoms with E-state index in [9.17, 15) is 4.79 Å². The molecule has 6 nitrogen and oxygen atoms in total. The third kappa shape index (κ3) is 3.49. The van der Waals surface area contributed by atoms with Crippen LogP contribution in [-0.2, 0) is 0 Å². The van der Waals surface area contributed by atoms with Gasteiger partial charge < -0.3 is 5.32 Å². The fraction of sp³-hybridized carbons (Fsp3) is 0. The summed E-state index contributed by atoms with van der Waals surface area (Å²) in [5.41, 5.74) is 4.41. The van der Waals surface area contributed by atoms with Crippen molar-refractivity contribution in [1.82, 2.24) is 20.2 Å². The molecular formula is C18H12ClN5OS. The number of hydrogen-bond acceptors (Lipinski definition) is 5. The fourth-order valence-corrected chi connectivity index (χ4v) is 3.10. The zero-order chi connectivity index (χ0) is 17.9. The second-order valence-electron chi connectivity index (χ2n) is 5.42. The van der Waals surface area contributed by atoms with E-state index in [1.165, 1.54) is 11.3 Å². The summed E-state index contributed by atoms with van der Waals surface area (Å²) in [5.74, 6) is 0.975. The number of rotatable bonds is 4. The molecule has 0 radical (unpaired) electrons. The summed E-state index contributed by atoms with van der Waals surface area (Å²) in [6.45, 7) is 0. The van der Waals surface area contributed by atoms with Crippen molar-refractivity contribution in [1.29, 1.82) is 0 Å². The van der Waals surface area contributed by atoms with Gasteiger partial charge in [0.2, 0.25) is 0 Å². The molecular weight excluding hydrogens is 370 g/mol. The number of nitrogens with zero attached hydrogens (tertiary/aromatic N) is 3. The summed E-state index contributed by atoms with van der Waals surface area (Å²) < 4.78 is 0. The molecule has 0 aliphatic rings. The van der Waals surface area contributed by atoms with Crippen LogP contribution in [0.2, 0.25) is 5.02 Å². The maximum absolute atomic E-state index is 12.0. The van der Waals surface area contributed by atoms with Gasteiger partial charge >= 0.3 is 0 Å². The molecule has 0 bridgehead atoms. The van der Waals surface area contributed by atoms with Crippen molar-refractivity contribution >= 4 is 34.5 Å². The number of halogens is 1. The molecule has 1 amide bonds. The Labute approximate surface area is 157 Å². The van der Waals surface area contributed by atoms with Crippen LogP contribution >= 0.6 is 22.9 Å². The van der Waals surface area contributed by atoms with E-state index in [0.29, 0.717) is 28.1 Å². The van der Waals surface area contributed by atoms with Crippen LogP contribution < -0.4 is 5.32 Å². The average molecular weight is 382 g/mol. The Morgan fingerprint density at radius 2 is 1.96 bits per heavy atom. The number of benzene rings is 2. The zero-order valence-electron chi connectivity index (χ0n) is 13.3. The molecule has 26 heavy (non-hydrogen) atoms. The van der Waals surface area contributed by atoms with Crippen LogP contribution in [0.3, 0.4) is 0 Å². The van der Waals surface area contributed by atoms with E-state index < -0.39 is 0 Å². The normalized spacial score (nSPS) is 10.7. The van der Waals surface area contributed by atoms with E-state index in [0.717, 1.165) is 11.1 Å². The SMILES string of the molecule is O=C(Nc1ccc(-c2nc(-c3cccc(Cl)c3)n[nH]2)cc1)c1cscn1. The van der Waals surface area contributed by atoms with Crippen molar-refractivity contribution in [3.8, 4) is 22.8 Å². The largest absolute Gasteiger partial charge is 0.321 e. The standard InChI is InChI=1S/C18H12ClN5OS/c19-13-3-1-2-12(8-13)17-22-16(23-24-17)11-4-6-14(7-5-11)21-18(25)15-9-26-10-20-15/h1-10H,(H,21,25)(H,22,23,24). The second-order valence-corrected chi connectivity index (χ2v) is 6.58. The van der Waals surface area contributed by atoms with E-state index in [-0.39, 0.29) is 5.91 Å². The van der Waals surface area contributed by atoms with Crippen molar-refractivity contribution in [2.75, 3.05) is 5.32 Å². The number of aromatic nitrogens is 4. The monoisotopic (exact) mass is 381 g/mol. The van der Waals surface area contributed by atoms with Gasteiger partial charge in [0.25, 0.3) is 5.91 Å². The van der Waals surface area contributed by atoms with Crippen LogP contribution in [0.5, 0.6) is 0 Å². The van der Waals surface area contributed by atoms with Gasteiger partial charge in [-0.3, -0.25) is 9.89 Å². The van der Waals surface area contributed by atoms with E-state index in [2.05, 4.69) is 25.5 Å². The van der Waals surface area contributed by atoms with Gasteiger partial charge in [0.05, 0.1) is 5.51 Å². The van der Waals surface area contributed by atoms with Gasteiger partial charge in [0.15, 0.2) is 11.6 Å². The minimum Gasteiger partial charge on any atom is -0.321 e. The third-order valence-electron chi connectivity index (χ3n) is 3.65. The Hall–Kier alpha value is -3.03. The van der Waals surface area contributed by atoms with E-state index in [1.54, 1.807) is 29.1 Å². The van der Waals surface area contributed by atoms with Crippen molar-refractivity contribution in [2.24, 2.45) is 0 Å². The number of carbonyl (C=O) groups is 1. The summed E-state index contributed by atoms with van der Waals surface area (Å²) >= 11 is 7.39. The second kappa shape index (κ2) is 7.07. The van der Waals surface area contributed by atoms with E-state index in [1.807, 2.05) is 30.3 Å². The smallest absolute Gasteiger partial charge is 0.275 e. The Bertz CT molecular complexity index is 1040. The summed E-state index contributed by atoms with van der Waals surface area (Å²) in [5, 5.41) is 12.3. The number of aromatic amines is 1. The summed E-state index contributed by atoms with van der Waals surface area (Å²) in [6, 6.07) is 14.7. The van der Waals surface area contributed by atoms with Gasteiger partial charge in [-0.1, -0.05) is 23.7 Å². The number of amides is 1. The van der Waals surface area contributed by atoms with Crippen molar-refractivity contribution in [3.05, 3.63) is 70.1 Å². The van der Waals surface area contributed by atoms with E-state index >= 15 is 0 Å². The number of H-pyrrole nitrogens is 1. The van der Waals surface area contributed by atoms with Gasteiger partial charge in [-0.25, -0.2) is 9.97 Å². The van der Waals surface area contributed by atoms with Gasteiger partial charge in [-0.2, -0.15) is 5.10 Å². The first kappa shape index (κ1) is 16.4. The molecule has 8 heteroatoms. The average Bonchev–Trinajstić information content (AvgIpc) is 3.35. The lowest BCUT2D eigenvalue weighted by Gasteiger charge is -2.04. The first-order valence-corrected chi connectivity index (χ1v) is 8.99. The Morgan fingerprint density at radius 1 is 1.12 bits per heavy atom. The van der Waals surface area contributed by atoms with Crippen LogP contribution in [0.1, 0.15) is 10.5 Å². The zero-order valence-corrected chi connectivity index (χ0v) is 14.9. The van der Waals surface area contributed by atoms with Crippen LogP contribution in [0.15, 0.2) is 59.4 Å². The molecule has 0 unspecified atom stereocenters. The van der Waals surface area contributed by atoms with Crippen molar-refractivity contribution in [2.45, 2.75) is 0 Å². The molecule has 2 heterocycles. The van der Waals surface area contributed by atoms with Crippen LogP contribution in [-0.4, -0.2) is 26.1 Å². The van der Waals surface area contributed by atoms with Gasteiger partial charge in [-0.15, -0.1) is 11.3 Å². The molecule has 2 N–H and O–H groups in total.